The van der Waals surface area contributed by atoms with E-state index in [1.54, 1.807) is 29.2 Å². The maximum atomic E-state index is 11.0. The molecule has 102 valence electrons. The van der Waals surface area contributed by atoms with Crippen molar-refractivity contribution in [3.05, 3.63) is 48.0 Å². The summed E-state index contributed by atoms with van der Waals surface area (Å²) in [4.78, 5) is 15.3. The van der Waals surface area contributed by atoms with Gasteiger partial charge in [0.15, 0.2) is 0 Å². The lowest BCUT2D eigenvalue weighted by atomic mass is 10.2. The average molecular weight is 270 g/mol. The van der Waals surface area contributed by atoms with Crippen LogP contribution in [0.15, 0.2) is 36.9 Å². The number of nitrogens with zero attached hydrogens (tertiary/aromatic N) is 4. The molecule has 1 N–H and O–H groups in total. The van der Waals surface area contributed by atoms with Crippen LogP contribution in [0.3, 0.4) is 0 Å². The Labute approximate surface area is 115 Å². The summed E-state index contributed by atoms with van der Waals surface area (Å²) in [6.45, 7) is 0.741. The zero-order chi connectivity index (χ0) is 14.1. The number of carbonyl (C=O) groups is 1. The molecule has 0 aliphatic rings. The summed E-state index contributed by atoms with van der Waals surface area (Å²) < 4.78 is 3.73. The zero-order valence-electron chi connectivity index (χ0n) is 11.0. The first-order chi connectivity index (χ1) is 9.63. The highest BCUT2D eigenvalue weighted by atomic mass is 16.4. The molecule has 2 heterocycles. The second-order valence-electron chi connectivity index (χ2n) is 4.72. The lowest BCUT2D eigenvalue weighted by molar-refractivity contribution is 0.0697. The Balaban J connectivity index is 1.87. The number of carboxylic acids is 1. The third-order valence-electron chi connectivity index (χ3n) is 3.27. The molecule has 0 amide bonds. The first kappa shape index (κ1) is 12.4. The van der Waals surface area contributed by atoms with Crippen LogP contribution in [-0.4, -0.2) is 30.4 Å². The Bertz CT molecular complexity index is 772. The van der Waals surface area contributed by atoms with Crippen LogP contribution in [-0.2, 0) is 20.0 Å². The highest BCUT2D eigenvalue weighted by Gasteiger charge is 2.08. The minimum atomic E-state index is -0.924. The topological polar surface area (TPSA) is 72.9 Å². The molecular weight excluding hydrogens is 256 g/mol. The van der Waals surface area contributed by atoms with Gasteiger partial charge in [0.2, 0.25) is 0 Å². The Hall–Kier alpha value is -2.63. The molecule has 1 aromatic carbocycles. The van der Waals surface area contributed by atoms with Gasteiger partial charge in [0.1, 0.15) is 0 Å². The molecule has 20 heavy (non-hydrogen) atoms. The summed E-state index contributed by atoms with van der Waals surface area (Å²) in [7, 11) is 1.88. The largest absolute Gasteiger partial charge is 0.478 e. The summed E-state index contributed by atoms with van der Waals surface area (Å²) in [6.07, 6.45) is 6.38. The maximum absolute atomic E-state index is 11.0. The predicted molar refractivity (Wildman–Crippen MR) is 73.6 cm³/mol. The van der Waals surface area contributed by atoms with Gasteiger partial charge in [0.05, 0.1) is 29.1 Å². The zero-order valence-corrected chi connectivity index (χ0v) is 11.0. The van der Waals surface area contributed by atoms with Crippen molar-refractivity contribution >= 4 is 17.0 Å². The van der Waals surface area contributed by atoms with E-state index >= 15 is 0 Å². The number of aromatic nitrogens is 4. The summed E-state index contributed by atoms with van der Waals surface area (Å²) in [6, 6.07) is 4.97. The van der Waals surface area contributed by atoms with Crippen LogP contribution in [0.1, 0.15) is 15.9 Å². The van der Waals surface area contributed by atoms with E-state index in [1.165, 1.54) is 0 Å². The van der Waals surface area contributed by atoms with Crippen LogP contribution in [0.4, 0.5) is 0 Å². The van der Waals surface area contributed by atoms with Crippen molar-refractivity contribution in [2.45, 2.75) is 13.0 Å². The quantitative estimate of drug-likeness (QED) is 0.783. The fraction of sp³-hybridized carbons (Fsp3) is 0.214. The minimum Gasteiger partial charge on any atom is -0.478 e. The van der Waals surface area contributed by atoms with Crippen molar-refractivity contribution in [3.63, 3.8) is 0 Å². The lowest BCUT2D eigenvalue weighted by Gasteiger charge is -2.03. The fourth-order valence-corrected chi connectivity index (χ4v) is 2.22. The van der Waals surface area contributed by atoms with Gasteiger partial charge in [0, 0.05) is 19.8 Å². The van der Waals surface area contributed by atoms with E-state index in [2.05, 4.69) is 10.1 Å². The molecule has 6 heteroatoms. The van der Waals surface area contributed by atoms with Gasteiger partial charge in [-0.2, -0.15) is 5.10 Å². The molecule has 0 aliphatic heterocycles. The van der Waals surface area contributed by atoms with E-state index in [0.717, 1.165) is 29.6 Å². The van der Waals surface area contributed by atoms with Crippen molar-refractivity contribution < 1.29 is 9.90 Å². The first-order valence-electron chi connectivity index (χ1n) is 6.29. The Morgan fingerprint density at radius 3 is 2.95 bits per heavy atom. The number of fused-ring (bicyclic) bond motifs is 1. The van der Waals surface area contributed by atoms with Crippen molar-refractivity contribution in [1.29, 1.82) is 0 Å². The average Bonchev–Trinajstić information content (AvgIpc) is 3.02. The van der Waals surface area contributed by atoms with Crippen LogP contribution >= 0.6 is 0 Å². The van der Waals surface area contributed by atoms with Gasteiger partial charge in [-0.25, -0.2) is 9.78 Å². The summed E-state index contributed by atoms with van der Waals surface area (Å²) >= 11 is 0. The first-order valence-corrected chi connectivity index (χ1v) is 6.29. The maximum Gasteiger partial charge on any atom is 0.335 e. The molecule has 0 aliphatic carbocycles. The number of hydrogen-bond donors (Lipinski definition) is 1. The summed E-state index contributed by atoms with van der Waals surface area (Å²) in [5.41, 5.74) is 3.07. The summed E-state index contributed by atoms with van der Waals surface area (Å²) in [5.74, 6) is -0.924. The Kier molecular flexibility index (Phi) is 2.98. The van der Waals surface area contributed by atoms with Crippen molar-refractivity contribution in [1.82, 2.24) is 19.3 Å². The third-order valence-corrected chi connectivity index (χ3v) is 3.27. The predicted octanol–water partition coefficient (Wildman–Crippen LogP) is 1.71. The minimum absolute atomic E-state index is 0.278. The van der Waals surface area contributed by atoms with E-state index in [1.807, 2.05) is 24.0 Å². The molecule has 0 bridgehead atoms. The van der Waals surface area contributed by atoms with Gasteiger partial charge in [0.25, 0.3) is 0 Å². The van der Waals surface area contributed by atoms with Gasteiger partial charge in [-0.05, 0) is 30.2 Å². The van der Waals surface area contributed by atoms with Crippen molar-refractivity contribution in [2.75, 3.05) is 0 Å². The van der Waals surface area contributed by atoms with Crippen LogP contribution in [0, 0.1) is 0 Å². The lowest BCUT2D eigenvalue weighted by Crippen LogP contribution is -2.01. The SMILES string of the molecule is Cn1cc(CCn2cnc3ccc(C(=O)O)cc32)cn1. The number of imidazole rings is 1. The fourth-order valence-electron chi connectivity index (χ4n) is 2.22. The molecule has 0 atom stereocenters. The molecule has 0 saturated carbocycles. The molecule has 0 fully saturated rings. The second kappa shape index (κ2) is 4.80. The van der Waals surface area contributed by atoms with Gasteiger partial charge in [-0.1, -0.05) is 0 Å². The van der Waals surface area contributed by atoms with Crippen LogP contribution in [0.5, 0.6) is 0 Å². The molecule has 0 spiro atoms. The highest BCUT2D eigenvalue weighted by Crippen LogP contribution is 2.16. The molecule has 3 aromatic rings. The number of aromatic carboxylic acids is 1. The van der Waals surface area contributed by atoms with Crippen LogP contribution in [0.25, 0.3) is 11.0 Å². The van der Waals surface area contributed by atoms with E-state index in [-0.39, 0.29) is 5.56 Å². The van der Waals surface area contributed by atoms with E-state index in [4.69, 9.17) is 5.11 Å². The van der Waals surface area contributed by atoms with Gasteiger partial charge in [-0.15, -0.1) is 0 Å². The number of aryl methyl sites for hydroxylation is 3. The van der Waals surface area contributed by atoms with Gasteiger partial charge < -0.3 is 9.67 Å². The number of rotatable bonds is 4. The molecule has 2 aromatic heterocycles. The standard InChI is InChI=1S/C14H14N4O2/c1-17-8-10(7-16-17)4-5-18-9-15-12-3-2-11(14(19)20)6-13(12)18/h2-3,6-9H,4-5H2,1H3,(H,19,20). The molecule has 0 saturated heterocycles. The Morgan fingerprint density at radius 1 is 1.40 bits per heavy atom. The normalized spacial score (nSPS) is 11.1. The molecule has 6 nitrogen and oxygen atoms in total. The molecule has 0 unspecified atom stereocenters. The monoisotopic (exact) mass is 270 g/mol. The number of hydrogen-bond acceptors (Lipinski definition) is 3. The van der Waals surface area contributed by atoms with Crippen LogP contribution < -0.4 is 0 Å². The van der Waals surface area contributed by atoms with Crippen LogP contribution in [0.2, 0.25) is 0 Å². The van der Waals surface area contributed by atoms with Crippen molar-refractivity contribution in [2.24, 2.45) is 7.05 Å². The highest BCUT2D eigenvalue weighted by molar-refractivity contribution is 5.92. The summed E-state index contributed by atoms with van der Waals surface area (Å²) in [5, 5.41) is 13.2. The van der Waals surface area contributed by atoms with Crippen molar-refractivity contribution in [3.8, 4) is 0 Å². The van der Waals surface area contributed by atoms with Gasteiger partial charge >= 0.3 is 5.97 Å². The molecular formula is C14H14N4O2. The molecule has 3 rings (SSSR count). The van der Waals surface area contributed by atoms with E-state index in [0.29, 0.717) is 0 Å². The van der Waals surface area contributed by atoms with Gasteiger partial charge in [-0.3, -0.25) is 4.68 Å². The number of benzene rings is 1. The van der Waals surface area contributed by atoms with E-state index < -0.39 is 5.97 Å². The number of carboxylic acid groups (broad SMARTS) is 1. The third kappa shape index (κ3) is 2.27. The smallest absolute Gasteiger partial charge is 0.335 e. The Morgan fingerprint density at radius 2 is 2.25 bits per heavy atom. The molecule has 0 radical (unpaired) electrons. The van der Waals surface area contributed by atoms with E-state index in [9.17, 15) is 4.79 Å². The second-order valence-corrected chi connectivity index (χ2v) is 4.72.